The highest BCUT2D eigenvalue weighted by Crippen LogP contribution is 2.00. The van der Waals surface area contributed by atoms with E-state index in [1.165, 1.54) is 27.7 Å². The van der Waals surface area contributed by atoms with Gasteiger partial charge in [-0.1, -0.05) is 0 Å². The molecule has 8 nitrogen and oxygen atoms in total. The van der Waals surface area contributed by atoms with Gasteiger partial charge in [0.1, 0.15) is 36.5 Å². The van der Waals surface area contributed by atoms with E-state index in [-0.39, 0.29) is 11.6 Å². The minimum Gasteiger partial charge on any atom is -0.394 e. The molecule has 0 saturated carbocycles. The van der Waals surface area contributed by atoms with Gasteiger partial charge in [-0.2, -0.15) is 0 Å². The van der Waals surface area contributed by atoms with E-state index in [1.54, 1.807) is 0 Å². The molecule has 0 aromatic heterocycles. The van der Waals surface area contributed by atoms with Crippen molar-refractivity contribution < 1.29 is 39.9 Å². The normalized spacial score (nSPS) is 13.7. The van der Waals surface area contributed by atoms with Crippen molar-refractivity contribution in [1.29, 1.82) is 0 Å². The summed E-state index contributed by atoms with van der Waals surface area (Å²) < 4.78 is 0. The lowest BCUT2D eigenvalue weighted by Crippen LogP contribution is -2.44. The largest absolute Gasteiger partial charge is 0.394 e. The fourth-order valence-electron chi connectivity index (χ4n) is 0.602. The second kappa shape index (κ2) is 14.2. The summed E-state index contributed by atoms with van der Waals surface area (Å²) in [5, 5.41) is 43.1. The van der Waals surface area contributed by atoms with Gasteiger partial charge in [0.25, 0.3) is 0 Å². The summed E-state index contributed by atoms with van der Waals surface area (Å²) in [6.45, 7) is 4.42. The SMILES string of the molecule is CC(C)=O.CC(C)=O.O=C(CO)[C@H](O)[C@@H](O)[C@H](O)CO. The zero-order valence-corrected chi connectivity index (χ0v) is 12.1. The highest BCUT2D eigenvalue weighted by molar-refractivity contribution is 5.84. The average Bonchev–Trinajstić information content (AvgIpc) is 2.33. The number of carbonyl (C=O) groups excluding carboxylic acids is 3. The molecule has 0 fully saturated rings. The minimum absolute atomic E-state index is 0.167. The Morgan fingerprint density at radius 2 is 1.15 bits per heavy atom. The third-order valence-electron chi connectivity index (χ3n) is 1.39. The Bertz CT molecular complexity index is 269. The van der Waals surface area contributed by atoms with Crippen LogP contribution in [0.1, 0.15) is 27.7 Å². The Morgan fingerprint density at radius 1 is 0.850 bits per heavy atom. The number of Topliss-reactive ketones (excluding diaryl/α,β-unsaturated/α-hetero) is 3. The van der Waals surface area contributed by atoms with Crippen molar-refractivity contribution in [1.82, 2.24) is 0 Å². The number of aliphatic hydroxyl groups is 5. The van der Waals surface area contributed by atoms with Crippen molar-refractivity contribution in [2.45, 2.75) is 46.0 Å². The molecule has 20 heavy (non-hydrogen) atoms. The molecule has 0 aliphatic rings. The van der Waals surface area contributed by atoms with Crippen molar-refractivity contribution in [3.63, 3.8) is 0 Å². The molecule has 0 aromatic carbocycles. The summed E-state index contributed by atoms with van der Waals surface area (Å²) in [6.07, 6.45) is -5.22. The van der Waals surface area contributed by atoms with Gasteiger partial charge in [0.2, 0.25) is 0 Å². The van der Waals surface area contributed by atoms with Gasteiger partial charge >= 0.3 is 0 Å². The first-order chi connectivity index (χ1) is 9.00. The van der Waals surface area contributed by atoms with Crippen LogP contribution in [-0.2, 0) is 14.4 Å². The topological polar surface area (TPSA) is 152 Å². The van der Waals surface area contributed by atoms with Crippen LogP contribution in [0, 0.1) is 0 Å². The average molecular weight is 296 g/mol. The van der Waals surface area contributed by atoms with Crippen LogP contribution in [0.25, 0.3) is 0 Å². The van der Waals surface area contributed by atoms with E-state index in [2.05, 4.69) is 0 Å². The number of rotatable bonds is 5. The van der Waals surface area contributed by atoms with Gasteiger partial charge < -0.3 is 35.1 Å². The second-order valence-electron chi connectivity index (χ2n) is 4.13. The van der Waals surface area contributed by atoms with E-state index in [9.17, 15) is 14.4 Å². The zero-order valence-electron chi connectivity index (χ0n) is 12.1. The maximum atomic E-state index is 10.5. The standard InChI is InChI=1S/C6H12O6.2C3H6O/c7-1-3(9)5(11)6(12)4(10)2-8;2*1-3(2)4/h3,5-9,11-12H,1-2H2;2*1-2H3/t3-,5+,6+;;/m1../s1. The first kappa shape index (κ1) is 23.9. The van der Waals surface area contributed by atoms with E-state index in [4.69, 9.17) is 25.5 Å². The Morgan fingerprint density at radius 3 is 1.35 bits per heavy atom. The Hall–Kier alpha value is -1.19. The van der Waals surface area contributed by atoms with Gasteiger partial charge in [-0.25, -0.2) is 0 Å². The van der Waals surface area contributed by atoms with Crippen molar-refractivity contribution in [2.75, 3.05) is 13.2 Å². The van der Waals surface area contributed by atoms with E-state index in [1.807, 2.05) is 0 Å². The summed E-state index contributed by atoms with van der Waals surface area (Å²) in [5.41, 5.74) is 0. The monoisotopic (exact) mass is 296 g/mol. The fourth-order valence-corrected chi connectivity index (χ4v) is 0.602. The Labute approximate surface area is 117 Å². The fraction of sp³-hybridized carbons (Fsp3) is 0.750. The molecule has 0 spiro atoms. The molecule has 0 bridgehead atoms. The van der Waals surface area contributed by atoms with Gasteiger partial charge in [0.05, 0.1) is 6.61 Å². The van der Waals surface area contributed by atoms with Crippen LogP contribution in [0.4, 0.5) is 0 Å². The minimum atomic E-state index is -1.86. The third kappa shape index (κ3) is 19.2. The molecule has 120 valence electrons. The van der Waals surface area contributed by atoms with Gasteiger partial charge in [0.15, 0.2) is 5.78 Å². The molecule has 0 heterocycles. The van der Waals surface area contributed by atoms with Crippen LogP contribution in [-0.4, -0.2) is 74.4 Å². The highest BCUT2D eigenvalue weighted by atomic mass is 16.4. The third-order valence-corrected chi connectivity index (χ3v) is 1.39. The summed E-state index contributed by atoms with van der Waals surface area (Å²) in [5.74, 6) is -0.671. The quantitative estimate of drug-likeness (QED) is 0.383. The lowest BCUT2D eigenvalue weighted by molar-refractivity contribution is -0.142. The van der Waals surface area contributed by atoms with E-state index in [0.717, 1.165) is 0 Å². The van der Waals surface area contributed by atoms with Gasteiger partial charge in [-0.05, 0) is 27.7 Å². The molecule has 0 unspecified atom stereocenters. The number of ketones is 3. The molecule has 0 aliphatic carbocycles. The molecule has 0 aromatic rings. The van der Waals surface area contributed by atoms with Crippen molar-refractivity contribution >= 4 is 17.3 Å². The van der Waals surface area contributed by atoms with Crippen LogP contribution in [0.5, 0.6) is 0 Å². The summed E-state index contributed by atoms with van der Waals surface area (Å²) in [4.78, 5) is 29.4. The van der Waals surface area contributed by atoms with Crippen molar-refractivity contribution in [2.24, 2.45) is 0 Å². The lowest BCUT2D eigenvalue weighted by Gasteiger charge is -2.19. The predicted octanol–water partition coefficient (Wildman–Crippen LogP) is -2.19. The zero-order chi connectivity index (χ0) is 16.9. The van der Waals surface area contributed by atoms with Gasteiger partial charge in [-0.15, -0.1) is 0 Å². The maximum absolute atomic E-state index is 10.5. The van der Waals surface area contributed by atoms with E-state index >= 15 is 0 Å². The van der Waals surface area contributed by atoms with E-state index in [0.29, 0.717) is 0 Å². The van der Waals surface area contributed by atoms with Crippen LogP contribution < -0.4 is 0 Å². The van der Waals surface area contributed by atoms with Crippen LogP contribution in [0.2, 0.25) is 0 Å². The second-order valence-corrected chi connectivity index (χ2v) is 4.13. The summed E-state index contributed by atoms with van der Waals surface area (Å²) in [7, 11) is 0. The van der Waals surface area contributed by atoms with Crippen LogP contribution in [0.3, 0.4) is 0 Å². The molecular weight excluding hydrogens is 272 g/mol. The molecule has 8 heteroatoms. The van der Waals surface area contributed by atoms with Crippen molar-refractivity contribution in [3.05, 3.63) is 0 Å². The smallest absolute Gasteiger partial charge is 0.189 e. The molecule has 0 rings (SSSR count). The molecule has 0 amide bonds. The molecule has 0 radical (unpaired) electrons. The lowest BCUT2D eigenvalue weighted by atomic mass is 10.1. The Balaban J connectivity index is -0.000000297. The predicted molar refractivity (Wildman–Crippen MR) is 69.9 cm³/mol. The maximum Gasteiger partial charge on any atom is 0.189 e. The highest BCUT2D eigenvalue weighted by Gasteiger charge is 2.28. The van der Waals surface area contributed by atoms with E-state index < -0.39 is 37.3 Å². The summed E-state index contributed by atoms with van der Waals surface area (Å²) >= 11 is 0. The number of aliphatic hydroxyl groups excluding tert-OH is 5. The molecule has 0 aliphatic heterocycles. The van der Waals surface area contributed by atoms with Gasteiger partial charge in [0, 0.05) is 0 Å². The molecular formula is C12H24O8. The van der Waals surface area contributed by atoms with Crippen molar-refractivity contribution in [3.8, 4) is 0 Å². The number of hydrogen-bond acceptors (Lipinski definition) is 8. The first-order valence-corrected chi connectivity index (χ1v) is 5.74. The molecule has 3 atom stereocenters. The molecule has 5 N–H and O–H groups in total. The van der Waals surface area contributed by atoms with Crippen LogP contribution >= 0.6 is 0 Å². The molecule has 0 saturated heterocycles. The first-order valence-electron chi connectivity index (χ1n) is 5.74. The number of carbonyl (C=O) groups is 3. The Kier molecular flexibility index (Phi) is 17.0. The summed E-state index contributed by atoms with van der Waals surface area (Å²) in [6, 6.07) is 0. The number of hydrogen-bond donors (Lipinski definition) is 5. The van der Waals surface area contributed by atoms with Gasteiger partial charge in [-0.3, -0.25) is 4.79 Å². The van der Waals surface area contributed by atoms with Crippen LogP contribution in [0.15, 0.2) is 0 Å².